The molecule has 12 heteroatoms. The Morgan fingerprint density at radius 3 is 2.44 bits per heavy atom. The molecule has 1 N–H and O–H groups in total. The molecule has 0 aliphatic carbocycles. The SMILES string of the molecule is COc1ccc(NC(=O)[C@@H]2CN(S(C)(=O)=O)c3ccccc3O2)cc1S(=O)(=O)N1CCCCC1. The minimum atomic E-state index is -3.82. The lowest BCUT2D eigenvalue weighted by Gasteiger charge is -2.33. The van der Waals surface area contributed by atoms with E-state index in [1.165, 1.54) is 29.6 Å². The van der Waals surface area contributed by atoms with E-state index < -0.39 is 32.1 Å². The quantitative estimate of drug-likeness (QED) is 0.632. The summed E-state index contributed by atoms with van der Waals surface area (Å²) in [5.74, 6) is -0.160. The van der Waals surface area contributed by atoms with Crippen molar-refractivity contribution in [2.75, 3.05) is 42.6 Å². The van der Waals surface area contributed by atoms with Gasteiger partial charge < -0.3 is 14.8 Å². The lowest BCUT2D eigenvalue weighted by atomic mass is 10.2. The highest BCUT2D eigenvalue weighted by Gasteiger charge is 2.35. The number of carbonyl (C=O) groups excluding carboxylic acids is 1. The van der Waals surface area contributed by atoms with E-state index in [0.29, 0.717) is 18.8 Å². The van der Waals surface area contributed by atoms with Gasteiger partial charge in [-0.15, -0.1) is 0 Å². The zero-order chi connectivity index (χ0) is 24.5. The average molecular weight is 510 g/mol. The van der Waals surface area contributed by atoms with Crippen LogP contribution in [0.25, 0.3) is 0 Å². The number of amides is 1. The first-order chi connectivity index (χ1) is 16.1. The van der Waals surface area contributed by atoms with Gasteiger partial charge in [-0.05, 0) is 43.2 Å². The largest absolute Gasteiger partial charge is 0.495 e. The summed E-state index contributed by atoms with van der Waals surface area (Å²) in [6, 6.07) is 10.9. The molecule has 2 aliphatic rings. The highest BCUT2D eigenvalue weighted by Crippen LogP contribution is 2.35. The Morgan fingerprint density at radius 1 is 1.06 bits per heavy atom. The first-order valence-electron chi connectivity index (χ1n) is 10.8. The zero-order valence-electron chi connectivity index (χ0n) is 18.9. The number of para-hydroxylation sites is 2. The molecule has 2 aromatic carbocycles. The second-order valence-corrected chi connectivity index (χ2v) is 12.0. The molecular formula is C22H27N3O7S2. The molecule has 4 rings (SSSR count). The number of hydrogen-bond acceptors (Lipinski definition) is 7. The summed E-state index contributed by atoms with van der Waals surface area (Å²) in [5, 5.41) is 2.66. The molecule has 1 saturated heterocycles. The maximum absolute atomic E-state index is 13.2. The highest BCUT2D eigenvalue weighted by molar-refractivity contribution is 7.92. The normalized spacial score (nSPS) is 19.1. The molecule has 0 saturated carbocycles. The molecule has 1 amide bonds. The number of ether oxygens (including phenoxy) is 2. The molecule has 0 spiro atoms. The van der Waals surface area contributed by atoms with Crippen molar-refractivity contribution in [1.29, 1.82) is 0 Å². The van der Waals surface area contributed by atoms with E-state index in [4.69, 9.17) is 9.47 Å². The summed E-state index contributed by atoms with van der Waals surface area (Å²) in [6.45, 7) is 0.647. The number of sulfonamides is 2. The van der Waals surface area contributed by atoms with Gasteiger partial charge in [0.1, 0.15) is 16.4 Å². The van der Waals surface area contributed by atoms with Crippen molar-refractivity contribution in [3.8, 4) is 11.5 Å². The number of piperidine rings is 1. The average Bonchev–Trinajstić information content (AvgIpc) is 2.83. The molecule has 34 heavy (non-hydrogen) atoms. The van der Waals surface area contributed by atoms with E-state index in [0.717, 1.165) is 29.8 Å². The van der Waals surface area contributed by atoms with Crippen molar-refractivity contribution in [3.05, 3.63) is 42.5 Å². The van der Waals surface area contributed by atoms with Gasteiger partial charge in [-0.25, -0.2) is 16.8 Å². The predicted octanol–water partition coefficient (Wildman–Crippen LogP) is 2.04. The summed E-state index contributed by atoms with van der Waals surface area (Å²) < 4.78 is 64.7. The molecule has 2 heterocycles. The van der Waals surface area contributed by atoms with Crippen molar-refractivity contribution >= 4 is 37.3 Å². The number of hydrogen-bond donors (Lipinski definition) is 1. The number of methoxy groups -OCH3 is 1. The Bertz CT molecular complexity index is 1290. The first kappa shape index (κ1) is 24.3. The second kappa shape index (κ2) is 9.43. The van der Waals surface area contributed by atoms with Gasteiger partial charge in [-0.1, -0.05) is 18.6 Å². The smallest absolute Gasteiger partial charge is 0.267 e. The van der Waals surface area contributed by atoms with Gasteiger partial charge in [0, 0.05) is 18.8 Å². The summed E-state index contributed by atoms with van der Waals surface area (Å²) in [4.78, 5) is 13.0. The minimum Gasteiger partial charge on any atom is -0.495 e. The van der Waals surface area contributed by atoms with Crippen LogP contribution in [0.2, 0.25) is 0 Å². The fourth-order valence-corrected chi connectivity index (χ4v) is 6.69. The highest BCUT2D eigenvalue weighted by atomic mass is 32.2. The van der Waals surface area contributed by atoms with Crippen molar-refractivity contribution in [3.63, 3.8) is 0 Å². The number of rotatable bonds is 6. The topological polar surface area (TPSA) is 122 Å². The number of anilines is 2. The summed E-state index contributed by atoms with van der Waals surface area (Å²) in [7, 11) is -6.09. The monoisotopic (exact) mass is 509 g/mol. The number of nitrogens with one attached hydrogen (secondary N) is 1. The Kier molecular flexibility index (Phi) is 6.74. The van der Waals surface area contributed by atoms with Crippen LogP contribution in [0, 0.1) is 0 Å². The first-order valence-corrected chi connectivity index (χ1v) is 14.1. The zero-order valence-corrected chi connectivity index (χ0v) is 20.6. The molecule has 2 aromatic rings. The van der Waals surface area contributed by atoms with Crippen LogP contribution in [0.4, 0.5) is 11.4 Å². The molecule has 0 radical (unpaired) electrons. The fraction of sp³-hybridized carbons (Fsp3) is 0.409. The van der Waals surface area contributed by atoms with E-state index in [2.05, 4.69) is 5.32 Å². The number of benzene rings is 2. The van der Waals surface area contributed by atoms with E-state index in [-0.39, 0.29) is 28.6 Å². The van der Waals surface area contributed by atoms with Crippen LogP contribution < -0.4 is 19.1 Å². The summed E-state index contributed by atoms with van der Waals surface area (Å²) in [5.41, 5.74) is 0.586. The van der Waals surface area contributed by atoms with Crippen LogP contribution in [0.1, 0.15) is 19.3 Å². The van der Waals surface area contributed by atoms with Crippen molar-refractivity contribution in [2.45, 2.75) is 30.3 Å². The Balaban J connectivity index is 1.60. The van der Waals surface area contributed by atoms with Gasteiger partial charge in [0.15, 0.2) is 6.10 Å². The Morgan fingerprint density at radius 2 is 1.76 bits per heavy atom. The Hall–Kier alpha value is -2.83. The Labute approximate surface area is 199 Å². The molecule has 10 nitrogen and oxygen atoms in total. The maximum Gasteiger partial charge on any atom is 0.267 e. The summed E-state index contributed by atoms with van der Waals surface area (Å²) in [6.07, 6.45) is 2.48. The van der Waals surface area contributed by atoms with Crippen molar-refractivity contribution in [1.82, 2.24) is 4.31 Å². The maximum atomic E-state index is 13.2. The van der Waals surface area contributed by atoms with Gasteiger partial charge in [-0.3, -0.25) is 9.10 Å². The molecule has 1 atom stereocenters. The van der Waals surface area contributed by atoms with Crippen LogP contribution in [-0.4, -0.2) is 66.2 Å². The molecule has 0 unspecified atom stereocenters. The third-order valence-corrected chi connectivity index (χ3v) is 8.86. The van der Waals surface area contributed by atoms with Crippen LogP contribution in [0.15, 0.2) is 47.4 Å². The van der Waals surface area contributed by atoms with Gasteiger partial charge in [0.05, 0.1) is 25.6 Å². The third-order valence-electron chi connectivity index (χ3n) is 5.79. The van der Waals surface area contributed by atoms with Crippen LogP contribution in [-0.2, 0) is 24.8 Å². The molecule has 2 aliphatic heterocycles. The van der Waals surface area contributed by atoms with Crippen LogP contribution in [0.5, 0.6) is 11.5 Å². The van der Waals surface area contributed by atoms with Gasteiger partial charge in [0.2, 0.25) is 20.0 Å². The van der Waals surface area contributed by atoms with Gasteiger partial charge in [-0.2, -0.15) is 4.31 Å². The molecule has 1 fully saturated rings. The minimum absolute atomic E-state index is 0.0395. The van der Waals surface area contributed by atoms with E-state index in [1.54, 1.807) is 24.3 Å². The van der Waals surface area contributed by atoms with E-state index >= 15 is 0 Å². The lowest BCUT2D eigenvalue weighted by molar-refractivity contribution is -0.122. The van der Waals surface area contributed by atoms with E-state index in [1.807, 2.05) is 0 Å². The standard InChI is InChI=1S/C22H27N3O7S2/c1-31-19-11-10-16(14-21(19)34(29,30)24-12-6-3-7-13-24)23-22(26)20-15-25(33(2,27)28)17-8-4-5-9-18(17)32-20/h4-5,8-11,14,20H,3,6-7,12-13,15H2,1-2H3,(H,23,26)/t20-/m0/s1. The lowest BCUT2D eigenvalue weighted by Crippen LogP contribution is -2.48. The third kappa shape index (κ3) is 4.84. The molecule has 0 bridgehead atoms. The van der Waals surface area contributed by atoms with Crippen LogP contribution in [0.3, 0.4) is 0 Å². The van der Waals surface area contributed by atoms with Crippen molar-refractivity contribution in [2.24, 2.45) is 0 Å². The number of carbonyl (C=O) groups is 1. The summed E-state index contributed by atoms with van der Waals surface area (Å²) >= 11 is 0. The predicted molar refractivity (Wildman–Crippen MR) is 127 cm³/mol. The number of fused-ring (bicyclic) bond motifs is 1. The number of nitrogens with zero attached hydrogens (tertiary/aromatic N) is 2. The molecule has 0 aromatic heterocycles. The van der Waals surface area contributed by atoms with Crippen LogP contribution >= 0.6 is 0 Å². The van der Waals surface area contributed by atoms with Gasteiger partial charge in [0.25, 0.3) is 5.91 Å². The van der Waals surface area contributed by atoms with Gasteiger partial charge >= 0.3 is 0 Å². The van der Waals surface area contributed by atoms with E-state index in [9.17, 15) is 21.6 Å². The van der Waals surface area contributed by atoms with Crippen molar-refractivity contribution < 1.29 is 31.1 Å². The molecular weight excluding hydrogens is 482 g/mol. The second-order valence-electron chi connectivity index (χ2n) is 8.19. The fourth-order valence-electron chi connectivity index (χ4n) is 4.08. The molecule has 184 valence electrons.